The maximum Gasteiger partial charge on any atom is 0.334 e. The highest BCUT2D eigenvalue weighted by Gasteiger charge is 1.99. The fraction of sp³-hybridized carbons (Fsp3) is 0.500. The molecule has 0 aliphatic carbocycles. The van der Waals surface area contributed by atoms with Crippen molar-refractivity contribution < 1.29 is 19.7 Å². The van der Waals surface area contributed by atoms with Gasteiger partial charge in [0.1, 0.15) is 0 Å². The first-order chi connectivity index (χ1) is 4.54. The lowest BCUT2D eigenvalue weighted by Crippen LogP contribution is -2.03. The summed E-state index contributed by atoms with van der Waals surface area (Å²) in [4.78, 5) is 10.1. The van der Waals surface area contributed by atoms with Gasteiger partial charge in [0.2, 0.25) is 0 Å². The van der Waals surface area contributed by atoms with E-state index in [1.54, 1.807) is 0 Å². The number of hydrogen-bond acceptors (Lipinski definition) is 3. The highest BCUT2D eigenvalue weighted by Crippen LogP contribution is 1.94. The van der Waals surface area contributed by atoms with Gasteiger partial charge in [-0.3, -0.25) is 0 Å². The van der Waals surface area contributed by atoms with Crippen LogP contribution in [0, 0.1) is 0 Å². The Hall–Kier alpha value is -1.03. The molecule has 0 aliphatic rings. The Morgan fingerprint density at radius 1 is 1.70 bits per heavy atom. The zero-order chi connectivity index (χ0) is 8.15. The van der Waals surface area contributed by atoms with Crippen LogP contribution in [0.1, 0.15) is 13.8 Å². The first-order valence-electron chi connectivity index (χ1n) is 2.77. The van der Waals surface area contributed by atoms with Gasteiger partial charge in [0.05, 0.1) is 11.8 Å². The van der Waals surface area contributed by atoms with Crippen LogP contribution in [0.5, 0.6) is 0 Å². The van der Waals surface area contributed by atoms with Crippen LogP contribution < -0.4 is 0 Å². The molecule has 2 N–H and O–H groups in total. The quantitative estimate of drug-likeness (QED) is 0.342. The monoisotopic (exact) mass is 146 g/mol. The van der Waals surface area contributed by atoms with Gasteiger partial charge in [0.25, 0.3) is 0 Å². The van der Waals surface area contributed by atoms with Crippen LogP contribution in [-0.2, 0) is 9.53 Å². The summed E-state index contributed by atoms with van der Waals surface area (Å²) >= 11 is 0. The van der Waals surface area contributed by atoms with Crippen LogP contribution in [0.3, 0.4) is 0 Å². The lowest BCUT2D eigenvalue weighted by atomic mass is 10.3. The molecule has 0 aromatic rings. The Kier molecular flexibility index (Phi) is 3.49. The second kappa shape index (κ2) is 3.90. The summed E-state index contributed by atoms with van der Waals surface area (Å²) < 4.78 is 4.48. The first-order valence-corrected chi connectivity index (χ1v) is 2.77. The van der Waals surface area contributed by atoms with Gasteiger partial charge in [0, 0.05) is 0 Å². The van der Waals surface area contributed by atoms with E-state index < -0.39 is 12.3 Å². The van der Waals surface area contributed by atoms with Crippen LogP contribution in [0.4, 0.5) is 0 Å². The Morgan fingerprint density at radius 2 is 2.20 bits per heavy atom. The molecule has 0 saturated carbocycles. The molecule has 0 saturated heterocycles. The third-order valence-electron chi connectivity index (χ3n) is 0.779. The minimum atomic E-state index is -1.05. The predicted molar refractivity (Wildman–Crippen MR) is 34.2 cm³/mol. The Bertz CT molecular complexity index is 148. The lowest BCUT2D eigenvalue weighted by molar-refractivity contribution is -0.132. The van der Waals surface area contributed by atoms with Crippen molar-refractivity contribution in [2.45, 2.75) is 20.1 Å². The Morgan fingerprint density at radius 3 is 2.50 bits per heavy atom. The van der Waals surface area contributed by atoms with E-state index in [2.05, 4.69) is 4.74 Å². The summed E-state index contributed by atoms with van der Waals surface area (Å²) in [7, 11) is 0. The first kappa shape index (κ1) is 8.97. The summed E-state index contributed by atoms with van der Waals surface area (Å²) in [6.45, 7) is 2.77. The van der Waals surface area contributed by atoms with E-state index in [1.165, 1.54) is 13.8 Å². The Labute approximate surface area is 58.7 Å². The molecule has 4 nitrogen and oxygen atoms in total. The molecule has 0 bridgehead atoms. The van der Waals surface area contributed by atoms with E-state index in [9.17, 15) is 4.79 Å². The number of carbonyl (C=O) groups is 1. The molecule has 0 amide bonds. The van der Waals surface area contributed by atoms with Gasteiger partial charge in [-0.1, -0.05) is 0 Å². The van der Waals surface area contributed by atoms with Crippen LogP contribution >= 0.6 is 0 Å². The van der Waals surface area contributed by atoms with Gasteiger partial charge < -0.3 is 14.9 Å². The summed E-state index contributed by atoms with van der Waals surface area (Å²) in [6, 6.07) is 0. The van der Waals surface area contributed by atoms with Gasteiger partial charge in [-0.2, -0.15) is 0 Å². The topological polar surface area (TPSA) is 66.8 Å². The number of aliphatic hydroxyl groups excluding tert-OH is 1. The van der Waals surface area contributed by atoms with Crippen LogP contribution in [0.2, 0.25) is 0 Å². The highest BCUT2D eigenvalue weighted by molar-refractivity contribution is 5.85. The summed E-state index contributed by atoms with van der Waals surface area (Å²) in [5.41, 5.74) is 0.0564. The average Bonchev–Trinajstić information content (AvgIpc) is 1.82. The van der Waals surface area contributed by atoms with Gasteiger partial charge in [-0.25, -0.2) is 4.79 Å². The SMILES string of the molecule is CC(=COC(C)O)C(=O)O. The molecule has 0 aromatic heterocycles. The van der Waals surface area contributed by atoms with Crippen molar-refractivity contribution in [1.29, 1.82) is 0 Å². The number of hydrogen-bond donors (Lipinski definition) is 2. The number of aliphatic hydroxyl groups is 1. The molecule has 58 valence electrons. The molecule has 0 radical (unpaired) electrons. The molecule has 1 atom stereocenters. The molecular formula is C6H10O4. The number of aliphatic carboxylic acids is 1. The van der Waals surface area contributed by atoms with Crippen molar-refractivity contribution >= 4 is 5.97 Å². The number of carboxylic acids is 1. The van der Waals surface area contributed by atoms with E-state index in [1.807, 2.05) is 0 Å². The zero-order valence-corrected chi connectivity index (χ0v) is 5.87. The van der Waals surface area contributed by atoms with E-state index in [4.69, 9.17) is 10.2 Å². The van der Waals surface area contributed by atoms with Crippen molar-refractivity contribution in [3.05, 3.63) is 11.8 Å². The zero-order valence-electron chi connectivity index (χ0n) is 5.87. The standard InChI is InChI=1S/C6H10O4/c1-4(6(8)9)3-10-5(2)7/h3,5,7H,1-2H3,(H,8,9). The predicted octanol–water partition coefficient (Wildman–Crippen LogP) is 0.330. The molecule has 10 heavy (non-hydrogen) atoms. The summed E-state index contributed by atoms with van der Waals surface area (Å²) in [5.74, 6) is -1.05. The van der Waals surface area contributed by atoms with Crippen molar-refractivity contribution in [2.24, 2.45) is 0 Å². The fourth-order valence-electron chi connectivity index (χ4n) is 0.251. The van der Waals surface area contributed by atoms with Crippen LogP contribution in [-0.4, -0.2) is 22.5 Å². The van der Waals surface area contributed by atoms with Gasteiger partial charge in [-0.15, -0.1) is 0 Å². The van der Waals surface area contributed by atoms with E-state index >= 15 is 0 Å². The summed E-state index contributed by atoms with van der Waals surface area (Å²) in [6.07, 6.45) is 0.0433. The van der Waals surface area contributed by atoms with E-state index in [0.29, 0.717) is 0 Å². The minimum Gasteiger partial charge on any atom is -0.478 e. The van der Waals surface area contributed by atoms with E-state index in [-0.39, 0.29) is 5.57 Å². The van der Waals surface area contributed by atoms with Crippen molar-refractivity contribution in [2.75, 3.05) is 0 Å². The van der Waals surface area contributed by atoms with Crippen molar-refractivity contribution in [1.82, 2.24) is 0 Å². The summed E-state index contributed by atoms with van der Waals surface area (Å²) in [5, 5.41) is 16.8. The number of rotatable bonds is 3. The minimum absolute atomic E-state index is 0.0564. The number of carboxylic acid groups (broad SMARTS) is 1. The Balaban J connectivity index is 3.81. The molecule has 0 fully saturated rings. The molecule has 0 rings (SSSR count). The number of ether oxygens (including phenoxy) is 1. The second-order valence-corrected chi connectivity index (χ2v) is 1.84. The van der Waals surface area contributed by atoms with Crippen molar-refractivity contribution in [3.63, 3.8) is 0 Å². The smallest absolute Gasteiger partial charge is 0.334 e. The molecule has 4 heteroatoms. The molecular weight excluding hydrogens is 136 g/mol. The average molecular weight is 146 g/mol. The molecule has 0 spiro atoms. The van der Waals surface area contributed by atoms with Crippen LogP contribution in [0.25, 0.3) is 0 Å². The third-order valence-corrected chi connectivity index (χ3v) is 0.779. The van der Waals surface area contributed by atoms with Crippen molar-refractivity contribution in [3.8, 4) is 0 Å². The van der Waals surface area contributed by atoms with Gasteiger partial charge >= 0.3 is 5.97 Å². The maximum atomic E-state index is 10.1. The normalized spacial score (nSPS) is 14.5. The van der Waals surface area contributed by atoms with Crippen LogP contribution in [0.15, 0.2) is 11.8 Å². The lowest BCUT2D eigenvalue weighted by Gasteiger charge is -2.02. The maximum absolute atomic E-state index is 10.1. The molecule has 0 aromatic carbocycles. The molecule has 0 heterocycles. The van der Waals surface area contributed by atoms with Gasteiger partial charge in [-0.05, 0) is 13.8 Å². The van der Waals surface area contributed by atoms with E-state index in [0.717, 1.165) is 6.26 Å². The largest absolute Gasteiger partial charge is 0.478 e. The highest BCUT2D eigenvalue weighted by atomic mass is 16.6. The molecule has 0 aliphatic heterocycles. The third kappa shape index (κ3) is 3.91. The fourth-order valence-corrected chi connectivity index (χ4v) is 0.251. The molecule has 1 unspecified atom stereocenters. The van der Waals surface area contributed by atoms with Gasteiger partial charge in [0.15, 0.2) is 6.29 Å². The second-order valence-electron chi connectivity index (χ2n) is 1.84.